The summed E-state index contributed by atoms with van der Waals surface area (Å²) in [5.74, 6) is 1.55. The summed E-state index contributed by atoms with van der Waals surface area (Å²) in [7, 11) is 0. The molecule has 0 aliphatic heterocycles. The molecule has 1 aromatic carbocycles. The van der Waals surface area contributed by atoms with E-state index in [1.165, 1.54) is 0 Å². The maximum atomic E-state index is 5.78. The Balaban J connectivity index is 1.74. The summed E-state index contributed by atoms with van der Waals surface area (Å²) in [6, 6.07) is 7.64. The minimum atomic E-state index is -1.74. The lowest BCUT2D eigenvalue weighted by molar-refractivity contribution is 0.309. The number of benzene rings is 1. The van der Waals surface area contributed by atoms with Gasteiger partial charge >= 0.3 is 0 Å². The van der Waals surface area contributed by atoms with Crippen LogP contribution < -0.4 is 4.74 Å². The van der Waals surface area contributed by atoms with Gasteiger partial charge in [0.05, 0.1) is 6.61 Å². The van der Waals surface area contributed by atoms with Gasteiger partial charge in [0.2, 0.25) is 5.89 Å². The van der Waals surface area contributed by atoms with Gasteiger partial charge in [0.1, 0.15) is 17.1 Å². The van der Waals surface area contributed by atoms with Crippen molar-refractivity contribution < 1.29 is 13.6 Å². The third-order valence-electron chi connectivity index (χ3n) is 3.35. The number of alkyl halides is 3. The zero-order valence-electron chi connectivity index (χ0n) is 13.3. The van der Waals surface area contributed by atoms with Crippen LogP contribution in [0.3, 0.4) is 0 Å². The highest BCUT2D eigenvalue weighted by Crippen LogP contribution is 2.37. The average molecular weight is 402 g/mol. The van der Waals surface area contributed by atoms with Crippen LogP contribution in [0.2, 0.25) is 0 Å². The molecular weight excluding hydrogens is 387 g/mol. The van der Waals surface area contributed by atoms with E-state index in [0.717, 1.165) is 29.6 Å². The second-order valence-electron chi connectivity index (χ2n) is 5.33. The van der Waals surface area contributed by atoms with Crippen molar-refractivity contribution in [2.45, 2.75) is 23.6 Å². The van der Waals surface area contributed by atoms with Crippen molar-refractivity contribution in [2.75, 3.05) is 6.61 Å². The lowest BCUT2D eigenvalue weighted by atomic mass is 10.2. The Morgan fingerprint density at radius 3 is 2.68 bits per heavy atom. The first kappa shape index (κ1) is 18.1. The Hall–Kier alpha value is -1.69. The number of nitrogens with zero attached hydrogens (tertiary/aromatic N) is 2. The predicted molar refractivity (Wildman–Crippen MR) is 99.1 cm³/mol. The smallest absolute Gasteiger partial charge is 0.268 e. The molecule has 3 aromatic rings. The second kappa shape index (κ2) is 7.68. The summed E-state index contributed by atoms with van der Waals surface area (Å²) < 4.78 is 15.0. The second-order valence-corrected chi connectivity index (χ2v) is 7.61. The first-order valence-electron chi connectivity index (χ1n) is 7.71. The molecule has 0 aliphatic rings. The summed E-state index contributed by atoms with van der Waals surface area (Å²) >= 11 is 17.0. The summed E-state index contributed by atoms with van der Waals surface area (Å²) in [5.41, 5.74) is 0.737. The first-order chi connectivity index (χ1) is 12.0. The van der Waals surface area contributed by atoms with Gasteiger partial charge < -0.3 is 13.6 Å². The van der Waals surface area contributed by atoms with E-state index < -0.39 is 3.79 Å². The number of rotatable bonds is 6. The van der Waals surface area contributed by atoms with Gasteiger partial charge in [-0.3, -0.25) is 0 Å². The molecule has 0 amide bonds. The molecule has 0 saturated carbocycles. The molecule has 0 unspecified atom stereocenters. The fraction of sp³-hybridized carbons (Fsp3) is 0.294. The summed E-state index contributed by atoms with van der Waals surface area (Å²) in [4.78, 5) is 0. The highest BCUT2D eigenvalue weighted by atomic mass is 35.6. The molecule has 8 heteroatoms. The van der Waals surface area contributed by atoms with Gasteiger partial charge in [0.25, 0.3) is 9.68 Å². The molecule has 2 aromatic heterocycles. The van der Waals surface area contributed by atoms with Gasteiger partial charge in [0.15, 0.2) is 0 Å². The molecule has 0 bridgehead atoms. The molecule has 0 radical (unpaired) electrons. The van der Waals surface area contributed by atoms with Gasteiger partial charge in [-0.2, -0.15) is 0 Å². The van der Waals surface area contributed by atoms with Gasteiger partial charge in [-0.1, -0.05) is 48.1 Å². The normalized spacial score (nSPS) is 12.3. The summed E-state index contributed by atoms with van der Waals surface area (Å²) in [5, 5.41) is 8.44. The van der Waals surface area contributed by atoms with Crippen molar-refractivity contribution in [1.82, 2.24) is 10.2 Å². The summed E-state index contributed by atoms with van der Waals surface area (Å²) in [6.45, 7) is 2.82. The molecule has 0 saturated heterocycles. The molecule has 0 atom stereocenters. The number of unbranched alkanes of at least 4 members (excludes halogenated alkanes) is 1. The molecule has 3 rings (SSSR count). The number of halogens is 3. The largest absolute Gasteiger partial charge is 0.493 e. The van der Waals surface area contributed by atoms with Crippen LogP contribution in [-0.4, -0.2) is 16.8 Å². The van der Waals surface area contributed by atoms with E-state index in [4.69, 9.17) is 48.4 Å². The van der Waals surface area contributed by atoms with E-state index in [2.05, 4.69) is 17.1 Å². The number of hydrogen-bond donors (Lipinski definition) is 0. The predicted octanol–water partition coefficient (Wildman–Crippen LogP) is 5.99. The van der Waals surface area contributed by atoms with Crippen molar-refractivity contribution in [3.63, 3.8) is 0 Å². The van der Waals surface area contributed by atoms with E-state index in [1.807, 2.05) is 24.3 Å². The minimum Gasteiger partial charge on any atom is -0.493 e. The van der Waals surface area contributed by atoms with Crippen LogP contribution in [0, 0.1) is 0 Å². The number of fused-ring (bicyclic) bond motifs is 1. The molecule has 132 valence electrons. The zero-order valence-corrected chi connectivity index (χ0v) is 15.6. The van der Waals surface area contributed by atoms with E-state index in [-0.39, 0.29) is 11.8 Å². The van der Waals surface area contributed by atoms with Crippen molar-refractivity contribution in [2.24, 2.45) is 0 Å². The van der Waals surface area contributed by atoms with Gasteiger partial charge in [0, 0.05) is 17.5 Å². The lowest BCUT2D eigenvalue weighted by Crippen LogP contribution is -1.99. The van der Waals surface area contributed by atoms with Crippen LogP contribution in [-0.2, 0) is 3.79 Å². The molecule has 0 spiro atoms. The molecular formula is C17H15Cl3N2O3. The highest BCUT2D eigenvalue weighted by Gasteiger charge is 2.29. The Kier molecular flexibility index (Phi) is 5.57. The van der Waals surface area contributed by atoms with Gasteiger partial charge in [-0.25, -0.2) is 0 Å². The monoisotopic (exact) mass is 400 g/mol. The van der Waals surface area contributed by atoms with Gasteiger partial charge in [-0.15, -0.1) is 10.2 Å². The Morgan fingerprint density at radius 1 is 1.12 bits per heavy atom. The Morgan fingerprint density at radius 2 is 1.96 bits per heavy atom. The van der Waals surface area contributed by atoms with Crippen LogP contribution in [0.5, 0.6) is 5.75 Å². The number of aromatic nitrogens is 2. The fourth-order valence-corrected chi connectivity index (χ4v) is 2.34. The van der Waals surface area contributed by atoms with Crippen LogP contribution in [0.4, 0.5) is 0 Å². The molecule has 0 N–H and O–H groups in total. The number of hydrogen-bond acceptors (Lipinski definition) is 5. The van der Waals surface area contributed by atoms with Crippen molar-refractivity contribution >= 4 is 57.9 Å². The maximum absolute atomic E-state index is 5.78. The molecule has 5 nitrogen and oxygen atoms in total. The van der Waals surface area contributed by atoms with E-state index in [9.17, 15) is 0 Å². The fourth-order valence-electron chi connectivity index (χ4n) is 2.11. The molecule has 2 heterocycles. The average Bonchev–Trinajstić information content (AvgIpc) is 3.19. The van der Waals surface area contributed by atoms with Crippen LogP contribution >= 0.6 is 34.8 Å². The molecule has 25 heavy (non-hydrogen) atoms. The standard InChI is InChI=1S/C17H15Cl3N2O3/c1-2-3-8-23-12-5-4-11-9-13(24-14(11)10-12)6-7-15-21-22-16(25-15)17(18,19)20/h4-7,9-10H,2-3,8H2,1H3. The SMILES string of the molecule is CCCCOc1ccc2cc(C=Cc3nnc(C(Cl)(Cl)Cl)o3)oc2c1. The quantitative estimate of drug-likeness (QED) is 0.375. The highest BCUT2D eigenvalue weighted by molar-refractivity contribution is 6.66. The van der Waals surface area contributed by atoms with Crippen molar-refractivity contribution in [1.29, 1.82) is 0 Å². The third kappa shape index (κ3) is 4.69. The van der Waals surface area contributed by atoms with Crippen LogP contribution in [0.15, 0.2) is 33.1 Å². The first-order valence-corrected chi connectivity index (χ1v) is 8.84. The van der Waals surface area contributed by atoms with E-state index in [0.29, 0.717) is 12.4 Å². The number of ether oxygens (including phenoxy) is 1. The van der Waals surface area contributed by atoms with Crippen LogP contribution in [0.1, 0.15) is 37.3 Å². The van der Waals surface area contributed by atoms with Crippen molar-refractivity contribution in [3.05, 3.63) is 41.8 Å². The third-order valence-corrected chi connectivity index (χ3v) is 3.84. The lowest BCUT2D eigenvalue weighted by Gasteiger charge is -2.04. The molecule has 0 aliphatic carbocycles. The van der Waals surface area contributed by atoms with Crippen LogP contribution in [0.25, 0.3) is 23.1 Å². The maximum Gasteiger partial charge on any atom is 0.268 e. The van der Waals surface area contributed by atoms with Crippen molar-refractivity contribution in [3.8, 4) is 5.75 Å². The molecule has 0 fully saturated rings. The Labute approximate surface area is 159 Å². The summed E-state index contributed by atoms with van der Waals surface area (Å²) in [6.07, 6.45) is 5.40. The topological polar surface area (TPSA) is 61.3 Å². The number of furan rings is 1. The zero-order chi connectivity index (χ0) is 17.9. The van der Waals surface area contributed by atoms with E-state index in [1.54, 1.807) is 12.2 Å². The Bertz CT molecular complexity index is 881. The minimum absolute atomic E-state index is 0.0874. The van der Waals surface area contributed by atoms with E-state index >= 15 is 0 Å². The van der Waals surface area contributed by atoms with Gasteiger partial charge in [-0.05, 0) is 30.7 Å².